The summed E-state index contributed by atoms with van der Waals surface area (Å²) in [6.07, 6.45) is 3.06. The number of nitrogens with one attached hydrogen (secondary N) is 1. The van der Waals surface area contributed by atoms with Gasteiger partial charge >= 0.3 is 0 Å². The molecular weight excluding hydrogens is 382 g/mol. The van der Waals surface area contributed by atoms with Crippen LogP contribution in [0.3, 0.4) is 0 Å². The summed E-state index contributed by atoms with van der Waals surface area (Å²) in [5, 5.41) is 2.99. The SMILES string of the molecule is C=CCOc1ccc(C(=O)Nc2ccccc2N2CCC(C(N)=O)CC2)cc1OC. The molecule has 0 bridgehead atoms. The molecule has 1 aliphatic rings. The van der Waals surface area contributed by atoms with Gasteiger partial charge < -0.3 is 25.4 Å². The summed E-state index contributed by atoms with van der Waals surface area (Å²) in [5.74, 6) is 0.448. The highest BCUT2D eigenvalue weighted by atomic mass is 16.5. The van der Waals surface area contributed by atoms with E-state index in [1.54, 1.807) is 24.3 Å². The third kappa shape index (κ3) is 4.92. The van der Waals surface area contributed by atoms with E-state index in [9.17, 15) is 9.59 Å². The van der Waals surface area contributed by atoms with Gasteiger partial charge in [0.25, 0.3) is 5.91 Å². The number of piperidine rings is 1. The number of hydrogen-bond donors (Lipinski definition) is 2. The maximum atomic E-state index is 12.9. The van der Waals surface area contributed by atoms with E-state index in [1.807, 2.05) is 24.3 Å². The first-order valence-corrected chi connectivity index (χ1v) is 9.90. The van der Waals surface area contributed by atoms with Crippen molar-refractivity contribution < 1.29 is 19.1 Å². The van der Waals surface area contributed by atoms with Crippen LogP contribution < -0.4 is 25.4 Å². The summed E-state index contributed by atoms with van der Waals surface area (Å²) in [7, 11) is 1.53. The highest BCUT2D eigenvalue weighted by molar-refractivity contribution is 6.06. The second kappa shape index (κ2) is 9.82. The molecule has 0 saturated carbocycles. The Kier molecular flexibility index (Phi) is 6.95. The molecule has 7 nitrogen and oxygen atoms in total. The van der Waals surface area contributed by atoms with Gasteiger partial charge in [-0.1, -0.05) is 24.8 Å². The van der Waals surface area contributed by atoms with Crippen LogP contribution in [0.15, 0.2) is 55.1 Å². The topological polar surface area (TPSA) is 93.9 Å². The second-order valence-electron chi connectivity index (χ2n) is 7.10. The molecule has 0 spiro atoms. The Morgan fingerprint density at radius 3 is 2.60 bits per heavy atom. The maximum absolute atomic E-state index is 12.9. The average molecular weight is 409 g/mol. The van der Waals surface area contributed by atoms with Gasteiger partial charge in [-0.2, -0.15) is 0 Å². The third-order valence-electron chi connectivity index (χ3n) is 5.17. The molecule has 2 amide bonds. The van der Waals surface area contributed by atoms with Crippen molar-refractivity contribution in [2.45, 2.75) is 12.8 Å². The van der Waals surface area contributed by atoms with Crippen LogP contribution in [0.25, 0.3) is 0 Å². The average Bonchev–Trinajstić information content (AvgIpc) is 2.78. The van der Waals surface area contributed by atoms with Crippen LogP contribution in [0, 0.1) is 5.92 Å². The molecule has 7 heteroatoms. The number of ether oxygens (including phenoxy) is 2. The van der Waals surface area contributed by atoms with Gasteiger partial charge in [0.1, 0.15) is 6.61 Å². The highest BCUT2D eigenvalue weighted by Crippen LogP contribution is 2.31. The van der Waals surface area contributed by atoms with Gasteiger partial charge in [-0.3, -0.25) is 9.59 Å². The molecule has 158 valence electrons. The molecule has 3 rings (SSSR count). The fourth-order valence-corrected chi connectivity index (χ4v) is 3.53. The van der Waals surface area contributed by atoms with Gasteiger partial charge in [0.2, 0.25) is 5.91 Å². The van der Waals surface area contributed by atoms with E-state index < -0.39 is 0 Å². The Morgan fingerprint density at radius 2 is 1.93 bits per heavy atom. The molecular formula is C23H27N3O4. The summed E-state index contributed by atoms with van der Waals surface area (Å²) in [5.41, 5.74) is 7.53. The van der Waals surface area contributed by atoms with Crippen LogP contribution in [-0.4, -0.2) is 38.6 Å². The summed E-state index contributed by atoms with van der Waals surface area (Å²) in [6.45, 7) is 5.40. The van der Waals surface area contributed by atoms with Crippen LogP contribution in [0.2, 0.25) is 0 Å². The van der Waals surface area contributed by atoms with Crippen molar-refractivity contribution in [3.8, 4) is 11.5 Å². The number of benzene rings is 2. The van der Waals surface area contributed by atoms with E-state index in [1.165, 1.54) is 7.11 Å². The zero-order valence-electron chi connectivity index (χ0n) is 17.1. The molecule has 0 aliphatic carbocycles. The zero-order chi connectivity index (χ0) is 21.5. The Hall–Kier alpha value is -3.48. The molecule has 1 heterocycles. The molecule has 0 radical (unpaired) electrons. The van der Waals surface area contributed by atoms with Crippen LogP contribution >= 0.6 is 0 Å². The van der Waals surface area contributed by atoms with Crippen LogP contribution in [0.4, 0.5) is 11.4 Å². The molecule has 0 atom stereocenters. The second-order valence-corrected chi connectivity index (χ2v) is 7.10. The van der Waals surface area contributed by atoms with Crippen molar-refractivity contribution in [3.05, 3.63) is 60.7 Å². The van der Waals surface area contributed by atoms with Crippen molar-refractivity contribution in [2.24, 2.45) is 11.7 Å². The summed E-state index contributed by atoms with van der Waals surface area (Å²) in [4.78, 5) is 26.5. The molecule has 1 fully saturated rings. The lowest BCUT2D eigenvalue weighted by atomic mass is 9.96. The van der Waals surface area contributed by atoms with E-state index in [2.05, 4.69) is 16.8 Å². The number of rotatable bonds is 8. The van der Waals surface area contributed by atoms with Crippen molar-refractivity contribution in [3.63, 3.8) is 0 Å². The standard InChI is InChI=1S/C23H27N3O4/c1-3-14-30-20-9-8-17(15-21(20)29-2)23(28)25-18-6-4-5-7-19(18)26-12-10-16(11-13-26)22(24)27/h3-9,15-16H,1,10-14H2,2H3,(H2,24,27)(H,25,28). The lowest BCUT2D eigenvalue weighted by Gasteiger charge is -2.33. The first-order valence-electron chi connectivity index (χ1n) is 9.90. The number of nitrogens with two attached hydrogens (primary N) is 1. The van der Waals surface area contributed by atoms with E-state index in [4.69, 9.17) is 15.2 Å². The van der Waals surface area contributed by atoms with Gasteiger partial charge in [-0.05, 0) is 43.2 Å². The Balaban J connectivity index is 1.75. The van der Waals surface area contributed by atoms with E-state index in [-0.39, 0.29) is 17.7 Å². The van der Waals surface area contributed by atoms with Gasteiger partial charge in [0.05, 0.1) is 18.5 Å². The quantitative estimate of drug-likeness (QED) is 0.653. The lowest BCUT2D eigenvalue weighted by molar-refractivity contribution is -0.122. The molecule has 0 aromatic heterocycles. The minimum absolute atomic E-state index is 0.0858. The number of amides is 2. The number of primary amides is 1. The van der Waals surface area contributed by atoms with Crippen molar-refractivity contribution >= 4 is 23.2 Å². The monoisotopic (exact) mass is 409 g/mol. The molecule has 30 heavy (non-hydrogen) atoms. The zero-order valence-corrected chi connectivity index (χ0v) is 17.1. The van der Waals surface area contributed by atoms with Crippen LogP contribution in [0.1, 0.15) is 23.2 Å². The fourth-order valence-electron chi connectivity index (χ4n) is 3.53. The molecule has 1 saturated heterocycles. The van der Waals surface area contributed by atoms with E-state index in [0.29, 0.717) is 55.3 Å². The Morgan fingerprint density at radius 1 is 1.20 bits per heavy atom. The minimum atomic E-state index is -0.247. The number of carbonyl (C=O) groups excluding carboxylic acids is 2. The first-order chi connectivity index (χ1) is 14.5. The van der Waals surface area contributed by atoms with Gasteiger partial charge in [0, 0.05) is 24.6 Å². The lowest BCUT2D eigenvalue weighted by Crippen LogP contribution is -2.38. The maximum Gasteiger partial charge on any atom is 0.255 e. The molecule has 2 aromatic rings. The van der Waals surface area contributed by atoms with Crippen LogP contribution in [-0.2, 0) is 4.79 Å². The number of methoxy groups -OCH3 is 1. The number of anilines is 2. The predicted octanol–water partition coefficient (Wildman–Crippen LogP) is 3.21. The van der Waals surface area contributed by atoms with Gasteiger partial charge in [0.15, 0.2) is 11.5 Å². The number of carbonyl (C=O) groups is 2. The normalized spacial score (nSPS) is 14.1. The summed E-state index contributed by atoms with van der Waals surface area (Å²) in [6, 6.07) is 12.7. The highest BCUT2D eigenvalue weighted by Gasteiger charge is 2.24. The molecule has 0 unspecified atom stereocenters. The van der Waals surface area contributed by atoms with Crippen molar-refractivity contribution in [1.29, 1.82) is 0 Å². The van der Waals surface area contributed by atoms with Gasteiger partial charge in [-0.25, -0.2) is 0 Å². The summed E-state index contributed by atoms with van der Waals surface area (Å²) >= 11 is 0. The largest absolute Gasteiger partial charge is 0.493 e. The summed E-state index contributed by atoms with van der Waals surface area (Å²) < 4.78 is 10.9. The van der Waals surface area contributed by atoms with E-state index >= 15 is 0 Å². The predicted molar refractivity (Wildman–Crippen MR) is 117 cm³/mol. The van der Waals surface area contributed by atoms with Gasteiger partial charge in [-0.15, -0.1) is 0 Å². The van der Waals surface area contributed by atoms with Crippen LogP contribution in [0.5, 0.6) is 11.5 Å². The first kappa shape index (κ1) is 21.2. The van der Waals surface area contributed by atoms with Crippen molar-refractivity contribution in [1.82, 2.24) is 0 Å². The number of para-hydroxylation sites is 2. The fraction of sp³-hybridized carbons (Fsp3) is 0.304. The molecule has 3 N–H and O–H groups in total. The Labute approximate surface area is 176 Å². The Bertz CT molecular complexity index is 920. The smallest absolute Gasteiger partial charge is 0.255 e. The minimum Gasteiger partial charge on any atom is -0.493 e. The van der Waals surface area contributed by atoms with E-state index in [0.717, 1.165) is 5.69 Å². The number of nitrogens with zero attached hydrogens (tertiary/aromatic N) is 1. The third-order valence-corrected chi connectivity index (χ3v) is 5.17. The molecule has 2 aromatic carbocycles. The number of hydrogen-bond acceptors (Lipinski definition) is 5. The van der Waals surface area contributed by atoms with Crippen molar-refractivity contribution in [2.75, 3.05) is 37.0 Å². The molecule has 1 aliphatic heterocycles.